The van der Waals surface area contributed by atoms with E-state index >= 15 is 0 Å². The third-order valence-corrected chi connectivity index (χ3v) is 7.16. The van der Waals surface area contributed by atoms with Crippen LogP contribution in [0.25, 0.3) is 0 Å². The maximum Gasteiger partial charge on any atom is 0.315 e. The lowest BCUT2D eigenvalue weighted by Gasteiger charge is -2.39. The molecule has 0 bridgehead atoms. The number of allylic oxidation sites excluding steroid dienone is 2. The first-order valence-corrected chi connectivity index (χ1v) is 12.0. The molecule has 5 heteroatoms. The second-order valence-electron chi connectivity index (χ2n) is 10.7. The van der Waals surface area contributed by atoms with Gasteiger partial charge in [0.2, 0.25) is 0 Å². The first-order valence-electron chi connectivity index (χ1n) is 12.0. The van der Waals surface area contributed by atoms with E-state index in [2.05, 4.69) is 38.1 Å². The fourth-order valence-electron chi connectivity index (χ4n) is 5.51. The Hall–Kier alpha value is -2.43. The number of hydrogen-bond acceptors (Lipinski definition) is 5. The Kier molecular flexibility index (Phi) is 6.28. The van der Waals surface area contributed by atoms with Crippen LogP contribution >= 0.6 is 0 Å². The molecule has 0 radical (unpaired) electrons. The van der Waals surface area contributed by atoms with E-state index in [9.17, 15) is 9.59 Å². The smallest absolute Gasteiger partial charge is 0.315 e. The van der Waals surface area contributed by atoms with Gasteiger partial charge in [0.15, 0.2) is 5.78 Å². The molecule has 0 N–H and O–H groups in total. The number of hydrogen-bond donors (Lipinski definition) is 0. The predicted molar refractivity (Wildman–Crippen MR) is 128 cm³/mol. The minimum Gasteiger partial charge on any atom is -0.462 e. The fraction of sp³-hybridized carbons (Fsp3) is 0.593. The number of benzene rings is 1. The van der Waals surface area contributed by atoms with Gasteiger partial charge in [0.1, 0.15) is 12.0 Å². The normalized spacial score (nSPS) is 25.8. The third-order valence-electron chi connectivity index (χ3n) is 7.16. The van der Waals surface area contributed by atoms with Gasteiger partial charge in [0.25, 0.3) is 0 Å². The number of Topliss-reactive ketones (excluding diaryl/α,β-unsaturated/α-hetero) is 1. The molecule has 1 heterocycles. The number of ketones is 1. The van der Waals surface area contributed by atoms with Crippen LogP contribution in [0.2, 0.25) is 0 Å². The molecule has 32 heavy (non-hydrogen) atoms. The number of aliphatic imine (C=N–C) groups is 1. The number of anilines is 1. The minimum absolute atomic E-state index is 0.0165. The molecule has 1 aromatic rings. The Morgan fingerprint density at radius 2 is 1.72 bits per heavy atom. The SMILES string of the molecule is CC1=NC2=C(C(=O)CC(C)(C)C2)[C@@H](c2ccc(N(C)C)cc2)C1C(=O)OC1CCCCC1. The molecule has 1 fully saturated rings. The number of carbonyl (C=O) groups excluding carboxylic acids is 2. The zero-order valence-electron chi connectivity index (χ0n) is 20.1. The molecule has 2 atom stereocenters. The Morgan fingerprint density at radius 3 is 2.34 bits per heavy atom. The van der Waals surface area contributed by atoms with Gasteiger partial charge in [0, 0.05) is 49.1 Å². The zero-order chi connectivity index (χ0) is 23.0. The summed E-state index contributed by atoms with van der Waals surface area (Å²) in [6, 6.07) is 8.21. The van der Waals surface area contributed by atoms with Crippen LogP contribution in [0.1, 0.15) is 77.2 Å². The molecule has 0 saturated heterocycles. The van der Waals surface area contributed by atoms with Crippen LogP contribution in [0.15, 0.2) is 40.5 Å². The van der Waals surface area contributed by atoms with Crippen molar-refractivity contribution in [2.75, 3.05) is 19.0 Å². The van der Waals surface area contributed by atoms with Gasteiger partial charge in [-0.05, 0) is 62.1 Å². The summed E-state index contributed by atoms with van der Waals surface area (Å²) >= 11 is 0. The molecule has 3 aliphatic rings. The summed E-state index contributed by atoms with van der Waals surface area (Å²) in [5.74, 6) is -1.00. The van der Waals surface area contributed by atoms with E-state index in [1.807, 2.05) is 25.9 Å². The molecule has 1 aromatic carbocycles. The summed E-state index contributed by atoms with van der Waals surface area (Å²) in [5, 5.41) is 0. The first kappa shape index (κ1) is 22.8. The molecule has 1 aliphatic heterocycles. The molecule has 1 unspecified atom stereocenters. The highest BCUT2D eigenvalue weighted by atomic mass is 16.5. The van der Waals surface area contributed by atoms with Gasteiger partial charge in [-0.25, -0.2) is 0 Å². The quantitative estimate of drug-likeness (QED) is 0.589. The number of nitrogens with zero attached hydrogens (tertiary/aromatic N) is 2. The summed E-state index contributed by atoms with van der Waals surface area (Å²) in [5.41, 5.74) is 4.29. The fourth-order valence-corrected chi connectivity index (χ4v) is 5.51. The summed E-state index contributed by atoms with van der Waals surface area (Å²) in [6.07, 6.45) is 6.49. The largest absolute Gasteiger partial charge is 0.462 e. The van der Waals surface area contributed by atoms with Crippen LogP contribution < -0.4 is 4.90 Å². The van der Waals surface area contributed by atoms with E-state index in [0.717, 1.165) is 60.3 Å². The van der Waals surface area contributed by atoms with Crippen molar-refractivity contribution in [3.8, 4) is 0 Å². The summed E-state index contributed by atoms with van der Waals surface area (Å²) in [7, 11) is 4.01. The van der Waals surface area contributed by atoms with E-state index in [4.69, 9.17) is 9.73 Å². The van der Waals surface area contributed by atoms with Crippen LogP contribution in [0.5, 0.6) is 0 Å². The van der Waals surface area contributed by atoms with Crippen molar-refractivity contribution >= 4 is 23.2 Å². The van der Waals surface area contributed by atoms with Crippen molar-refractivity contribution in [1.29, 1.82) is 0 Å². The lowest BCUT2D eigenvalue weighted by atomic mass is 9.67. The molecule has 0 amide bonds. The van der Waals surface area contributed by atoms with Crippen molar-refractivity contribution < 1.29 is 14.3 Å². The summed E-state index contributed by atoms with van der Waals surface area (Å²) < 4.78 is 6.01. The van der Waals surface area contributed by atoms with E-state index in [1.54, 1.807) is 0 Å². The Labute approximate surface area is 191 Å². The van der Waals surface area contributed by atoms with Gasteiger partial charge in [-0.15, -0.1) is 0 Å². The Bertz CT molecular complexity index is 950. The highest BCUT2D eigenvalue weighted by Gasteiger charge is 2.46. The highest BCUT2D eigenvalue weighted by molar-refractivity contribution is 6.09. The van der Waals surface area contributed by atoms with Crippen molar-refractivity contribution in [3.63, 3.8) is 0 Å². The van der Waals surface area contributed by atoms with E-state index in [1.165, 1.54) is 6.42 Å². The van der Waals surface area contributed by atoms with E-state index in [0.29, 0.717) is 6.42 Å². The highest BCUT2D eigenvalue weighted by Crippen LogP contribution is 2.48. The first-order chi connectivity index (χ1) is 15.2. The molecule has 0 spiro atoms. The van der Waals surface area contributed by atoms with Crippen LogP contribution in [-0.2, 0) is 14.3 Å². The average Bonchev–Trinajstić information content (AvgIpc) is 2.72. The molecular weight excluding hydrogens is 400 g/mol. The van der Waals surface area contributed by atoms with Gasteiger partial charge in [-0.2, -0.15) is 0 Å². The predicted octanol–water partition coefficient (Wildman–Crippen LogP) is 5.45. The van der Waals surface area contributed by atoms with Gasteiger partial charge in [-0.1, -0.05) is 32.4 Å². The zero-order valence-corrected chi connectivity index (χ0v) is 20.1. The molecule has 0 aromatic heterocycles. The van der Waals surface area contributed by atoms with Crippen molar-refractivity contribution in [3.05, 3.63) is 41.1 Å². The molecular formula is C27H36N2O3. The molecule has 5 nitrogen and oxygen atoms in total. The lowest BCUT2D eigenvalue weighted by molar-refractivity contribution is -0.153. The average molecular weight is 437 g/mol. The second-order valence-corrected chi connectivity index (χ2v) is 10.7. The van der Waals surface area contributed by atoms with Crippen LogP contribution in [0.3, 0.4) is 0 Å². The maximum absolute atomic E-state index is 13.5. The molecule has 2 aliphatic carbocycles. The van der Waals surface area contributed by atoms with Gasteiger partial charge < -0.3 is 9.64 Å². The molecule has 4 rings (SSSR count). The number of rotatable bonds is 4. The molecule has 1 saturated carbocycles. The van der Waals surface area contributed by atoms with Gasteiger partial charge in [-0.3, -0.25) is 14.6 Å². The summed E-state index contributed by atoms with van der Waals surface area (Å²) in [4.78, 5) is 33.8. The van der Waals surface area contributed by atoms with Crippen LogP contribution in [0, 0.1) is 11.3 Å². The van der Waals surface area contributed by atoms with Gasteiger partial charge >= 0.3 is 5.97 Å². The lowest BCUT2D eigenvalue weighted by Crippen LogP contribution is -2.40. The second kappa shape index (κ2) is 8.84. The van der Waals surface area contributed by atoms with Crippen molar-refractivity contribution in [1.82, 2.24) is 0 Å². The van der Waals surface area contributed by atoms with Crippen molar-refractivity contribution in [2.45, 2.75) is 77.7 Å². The van der Waals surface area contributed by atoms with E-state index in [-0.39, 0.29) is 29.2 Å². The topological polar surface area (TPSA) is 59.0 Å². The van der Waals surface area contributed by atoms with Crippen LogP contribution in [-0.4, -0.2) is 37.7 Å². The third kappa shape index (κ3) is 4.53. The Morgan fingerprint density at radius 1 is 1.06 bits per heavy atom. The maximum atomic E-state index is 13.5. The van der Waals surface area contributed by atoms with E-state index < -0.39 is 5.92 Å². The minimum atomic E-state index is -0.550. The Balaban J connectivity index is 1.74. The monoisotopic (exact) mass is 436 g/mol. The van der Waals surface area contributed by atoms with Crippen molar-refractivity contribution in [2.24, 2.45) is 16.3 Å². The number of esters is 1. The number of ether oxygens (including phenoxy) is 1. The molecule has 172 valence electrons. The number of carbonyl (C=O) groups is 2. The standard InChI is InChI=1S/C27H36N2O3/c1-17-23(26(31)32-20-9-7-6-8-10-20)24(18-11-13-19(14-12-18)29(4)5)25-21(28-17)15-27(2,3)16-22(25)30/h11-14,20,23-24H,6-10,15-16H2,1-5H3/t23?,24-/m0/s1. The van der Waals surface area contributed by atoms with Gasteiger partial charge in [0.05, 0.1) is 0 Å². The van der Waals surface area contributed by atoms with Crippen LogP contribution in [0.4, 0.5) is 5.69 Å². The summed E-state index contributed by atoms with van der Waals surface area (Å²) in [6.45, 7) is 6.15.